The smallest absolute Gasteiger partial charge is 0.376 e. The van der Waals surface area contributed by atoms with Gasteiger partial charge in [0.05, 0.1) is 31.0 Å². The van der Waals surface area contributed by atoms with Crippen molar-refractivity contribution >= 4 is 31.6 Å². The van der Waals surface area contributed by atoms with E-state index in [0.29, 0.717) is 27.8 Å². The number of hydrogen-bond donors (Lipinski definition) is 0. The van der Waals surface area contributed by atoms with E-state index in [4.69, 9.17) is 4.74 Å². The first-order valence-corrected chi connectivity index (χ1v) is 13.0. The zero-order chi connectivity index (χ0) is 23.6. The molecule has 0 amide bonds. The number of pyridine rings is 1. The van der Waals surface area contributed by atoms with E-state index in [0.717, 1.165) is 30.2 Å². The van der Waals surface area contributed by atoms with Crippen molar-refractivity contribution in [2.75, 3.05) is 18.1 Å². The fourth-order valence-electron chi connectivity index (χ4n) is 4.41. The number of rotatable bonds is 6. The van der Waals surface area contributed by atoms with Gasteiger partial charge in [-0.15, -0.1) is 0 Å². The summed E-state index contributed by atoms with van der Waals surface area (Å²) in [6.07, 6.45) is 5.61. The number of alkyl halides is 3. The molecule has 2 aliphatic rings. The molecule has 1 aromatic heterocycles. The van der Waals surface area contributed by atoms with Crippen LogP contribution in [0.2, 0.25) is 0 Å². The van der Waals surface area contributed by atoms with Crippen LogP contribution >= 0.6 is 15.9 Å². The van der Waals surface area contributed by atoms with Crippen LogP contribution in [-0.4, -0.2) is 48.5 Å². The largest absolute Gasteiger partial charge is 0.511 e. The monoisotopic (exact) mass is 547 g/mol. The molecule has 1 atom stereocenters. The van der Waals surface area contributed by atoms with E-state index in [9.17, 15) is 21.6 Å². The lowest BCUT2D eigenvalue weighted by molar-refractivity contribution is -0.0495. The second kappa shape index (κ2) is 9.89. The number of benzene rings is 1. The summed E-state index contributed by atoms with van der Waals surface area (Å²) < 4.78 is 72.7. The second-order valence-electron chi connectivity index (χ2n) is 8.36. The van der Waals surface area contributed by atoms with Crippen molar-refractivity contribution in [1.29, 1.82) is 0 Å². The zero-order valence-electron chi connectivity index (χ0n) is 17.8. The van der Waals surface area contributed by atoms with Crippen molar-refractivity contribution in [3.05, 3.63) is 58.3 Å². The highest BCUT2D eigenvalue weighted by molar-refractivity contribution is 9.10. The molecule has 0 N–H and O–H groups in total. The van der Waals surface area contributed by atoms with E-state index >= 15 is 0 Å². The Hall–Kier alpha value is -1.69. The molecule has 1 aliphatic heterocycles. The average Bonchev–Trinajstić information content (AvgIpc) is 3.22. The van der Waals surface area contributed by atoms with Crippen molar-refractivity contribution in [3.63, 3.8) is 0 Å². The Morgan fingerprint density at radius 2 is 1.88 bits per heavy atom. The summed E-state index contributed by atoms with van der Waals surface area (Å²) in [5.74, 6) is 0. The third-order valence-corrected chi connectivity index (χ3v) is 8.11. The summed E-state index contributed by atoms with van der Waals surface area (Å²) in [7, 11) is -5.51. The van der Waals surface area contributed by atoms with Crippen LogP contribution in [0.5, 0.6) is 0 Å². The number of sulfonamides is 1. The standard InChI is InChI=1S/C22H25BrF3N3O3S/c23-17-9-10-27-18(11-17)13-29-19(15-32-20-6-2-3-7-20)14-28(33(30,31)22(24,25)26)12-16-5-1-4-8-21(16)29/h1,4-5,8-11,19-20H,2-3,6-7,12-15H2/t19-/m0/s1. The molecule has 0 unspecified atom stereocenters. The third-order valence-electron chi connectivity index (χ3n) is 6.07. The number of hydrogen-bond acceptors (Lipinski definition) is 5. The Bertz CT molecular complexity index is 1080. The first kappa shape index (κ1) is 24.4. The van der Waals surface area contributed by atoms with Gasteiger partial charge in [0.1, 0.15) is 0 Å². The minimum atomic E-state index is -5.51. The molecule has 180 valence electrons. The number of nitrogens with zero attached hydrogens (tertiary/aromatic N) is 3. The van der Waals surface area contributed by atoms with Crippen LogP contribution < -0.4 is 4.90 Å². The normalized spacial score (nSPS) is 20.6. The van der Waals surface area contributed by atoms with Gasteiger partial charge in [-0.2, -0.15) is 17.5 Å². The van der Waals surface area contributed by atoms with Gasteiger partial charge in [-0.1, -0.05) is 47.0 Å². The molecule has 0 spiro atoms. The van der Waals surface area contributed by atoms with Crippen LogP contribution in [-0.2, 0) is 27.8 Å². The Morgan fingerprint density at radius 3 is 2.58 bits per heavy atom. The van der Waals surface area contributed by atoms with Crippen LogP contribution in [0.15, 0.2) is 47.1 Å². The summed E-state index contributed by atoms with van der Waals surface area (Å²) in [5, 5.41) is 0. The fraction of sp³-hybridized carbons (Fsp3) is 0.500. The van der Waals surface area contributed by atoms with E-state index < -0.39 is 21.6 Å². The number of para-hydroxylation sites is 1. The predicted molar refractivity (Wildman–Crippen MR) is 122 cm³/mol. The van der Waals surface area contributed by atoms with Gasteiger partial charge in [0.2, 0.25) is 0 Å². The summed E-state index contributed by atoms with van der Waals surface area (Å²) in [6.45, 7) is -0.274. The van der Waals surface area contributed by atoms with Crippen LogP contribution in [0.25, 0.3) is 0 Å². The van der Waals surface area contributed by atoms with Crippen molar-refractivity contribution < 1.29 is 26.3 Å². The molecule has 2 heterocycles. The minimum absolute atomic E-state index is 0.0435. The second-order valence-corrected chi connectivity index (χ2v) is 11.2. The van der Waals surface area contributed by atoms with Crippen LogP contribution in [0.3, 0.4) is 0 Å². The molecule has 1 saturated carbocycles. The molecular formula is C22H25BrF3N3O3S. The molecule has 6 nitrogen and oxygen atoms in total. The molecule has 11 heteroatoms. The van der Waals surface area contributed by atoms with Gasteiger partial charge in [0.15, 0.2) is 0 Å². The maximum atomic E-state index is 13.5. The Morgan fingerprint density at radius 1 is 1.15 bits per heavy atom. The van der Waals surface area contributed by atoms with E-state index in [2.05, 4.69) is 20.9 Å². The number of halogens is 4. The van der Waals surface area contributed by atoms with Gasteiger partial charge < -0.3 is 9.64 Å². The van der Waals surface area contributed by atoms with Gasteiger partial charge in [0.25, 0.3) is 0 Å². The third kappa shape index (κ3) is 5.52. The number of fused-ring (bicyclic) bond motifs is 1. The highest BCUT2D eigenvalue weighted by Gasteiger charge is 2.51. The van der Waals surface area contributed by atoms with E-state index in [-0.39, 0.29) is 25.8 Å². The van der Waals surface area contributed by atoms with Crippen LogP contribution in [0.4, 0.5) is 18.9 Å². The van der Waals surface area contributed by atoms with Crippen LogP contribution in [0, 0.1) is 0 Å². The van der Waals surface area contributed by atoms with Gasteiger partial charge in [-0.3, -0.25) is 4.98 Å². The van der Waals surface area contributed by atoms with Crippen LogP contribution in [0.1, 0.15) is 36.9 Å². The molecule has 33 heavy (non-hydrogen) atoms. The molecule has 1 fully saturated rings. The number of aromatic nitrogens is 1. The minimum Gasteiger partial charge on any atom is -0.376 e. The van der Waals surface area contributed by atoms with Gasteiger partial charge in [0, 0.05) is 29.4 Å². The van der Waals surface area contributed by atoms with E-state index in [1.807, 2.05) is 11.0 Å². The fourth-order valence-corrected chi connectivity index (χ4v) is 5.76. The number of ether oxygens (including phenoxy) is 1. The molecule has 1 aliphatic carbocycles. The van der Waals surface area contributed by atoms with Crippen molar-refractivity contribution in [2.24, 2.45) is 0 Å². The Balaban J connectivity index is 1.72. The SMILES string of the molecule is O=S(=O)(N1Cc2ccccc2N(Cc2cc(Br)ccn2)[C@H](COC2CCCC2)C1)C(F)(F)F. The molecule has 4 rings (SSSR count). The number of anilines is 1. The molecule has 0 radical (unpaired) electrons. The summed E-state index contributed by atoms with van der Waals surface area (Å²) in [4.78, 5) is 6.31. The highest BCUT2D eigenvalue weighted by Crippen LogP contribution is 2.35. The Kier molecular flexibility index (Phi) is 7.32. The van der Waals surface area contributed by atoms with E-state index in [1.54, 1.807) is 36.5 Å². The maximum Gasteiger partial charge on any atom is 0.511 e. The van der Waals surface area contributed by atoms with Crippen molar-refractivity contribution in [2.45, 2.75) is 56.4 Å². The van der Waals surface area contributed by atoms with Gasteiger partial charge in [-0.05, 0) is 36.6 Å². The Labute approximate surface area is 199 Å². The lowest BCUT2D eigenvalue weighted by atomic mass is 10.1. The quantitative estimate of drug-likeness (QED) is 0.517. The molecular weight excluding hydrogens is 523 g/mol. The topological polar surface area (TPSA) is 62.7 Å². The summed E-state index contributed by atoms with van der Waals surface area (Å²) >= 11 is 3.43. The molecule has 0 bridgehead atoms. The lowest BCUT2D eigenvalue weighted by Crippen LogP contribution is -2.49. The van der Waals surface area contributed by atoms with Crippen molar-refractivity contribution in [3.8, 4) is 0 Å². The van der Waals surface area contributed by atoms with Gasteiger partial charge in [-0.25, -0.2) is 8.42 Å². The lowest BCUT2D eigenvalue weighted by Gasteiger charge is -2.34. The average molecular weight is 548 g/mol. The van der Waals surface area contributed by atoms with Crippen molar-refractivity contribution in [1.82, 2.24) is 9.29 Å². The first-order valence-electron chi connectivity index (χ1n) is 10.8. The molecule has 2 aromatic rings. The summed E-state index contributed by atoms with van der Waals surface area (Å²) in [5.41, 5.74) is -3.49. The van der Waals surface area contributed by atoms with Gasteiger partial charge >= 0.3 is 15.5 Å². The van der Waals surface area contributed by atoms with E-state index in [1.165, 1.54) is 0 Å². The molecule has 0 saturated heterocycles. The highest BCUT2D eigenvalue weighted by atomic mass is 79.9. The maximum absolute atomic E-state index is 13.5. The summed E-state index contributed by atoms with van der Waals surface area (Å²) in [6, 6.07) is 9.97. The molecule has 1 aromatic carbocycles. The predicted octanol–water partition coefficient (Wildman–Crippen LogP) is 4.84. The zero-order valence-corrected chi connectivity index (χ0v) is 20.2. The first-order chi connectivity index (χ1) is 15.6.